The van der Waals surface area contributed by atoms with Crippen molar-refractivity contribution in [1.82, 2.24) is 0 Å². The van der Waals surface area contributed by atoms with Crippen molar-refractivity contribution in [3.8, 4) is 0 Å². The van der Waals surface area contributed by atoms with Gasteiger partial charge in [-0.05, 0) is 117 Å². The van der Waals surface area contributed by atoms with E-state index in [0.717, 1.165) is 25.8 Å². The molecular weight excluding hydrogens is 1200 g/mol. The molecule has 0 aromatic heterocycles. The van der Waals surface area contributed by atoms with Gasteiger partial charge in [-0.2, -0.15) is 0 Å². The van der Waals surface area contributed by atoms with E-state index in [9.17, 15) is 76.0 Å². The van der Waals surface area contributed by atoms with Gasteiger partial charge in [0.2, 0.25) is 6.29 Å². The number of hydrogen-bond donors (Lipinski definition) is 13. The van der Waals surface area contributed by atoms with E-state index in [4.69, 9.17) is 56.8 Å². The van der Waals surface area contributed by atoms with E-state index in [0.29, 0.717) is 57.8 Å². The van der Waals surface area contributed by atoms with E-state index in [2.05, 4.69) is 40.7 Å². The molecule has 9 fully saturated rings. The molecule has 520 valence electrons. The molecule has 10 aliphatic rings. The van der Waals surface area contributed by atoms with Crippen LogP contribution >= 0.6 is 0 Å². The lowest BCUT2D eigenvalue weighted by Gasteiger charge is -2.71. The standard InChI is InChI=1S/C63H100O28/c1-26-38(68)42(72)46(76)53(83-26)90-50-40(70)32(67)22-81-55(50)88-37-14-15-59(7)35(60(37,8)25-64)13-16-62(10)36(59)12-11-30-31-21-58(5,6)17-19-63(31,20-18-61(30,62)9)57(79)91-54-47(77)43(73)41(71)33(86-54)23-82-52-48(78)45(75)49(34(87-52)24-80-28(3)65)89-56-51(85-29(4)66)44(74)39(69)27(2)84-56/h11,26-27,31-56,64,67-78H,12-25H2,1-10H3/t26-,27-,31-,32-,33+,34+,35+,36+,37-,38-,39-,40-,41+,42+,43-,44+,45+,46+,47+,48+,49+,50+,51+,52+,53-,54-,55-,56-,59-,60-,61+,62+,63-/m0/s1. The number of rotatable bonds is 15. The van der Waals surface area contributed by atoms with Gasteiger partial charge in [0.15, 0.2) is 31.3 Å². The molecule has 5 heterocycles. The van der Waals surface area contributed by atoms with Gasteiger partial charge in [0.25, 0.3) is 0 Å². The summed E-state index contributed by atoms with van der Waals surface area (Å²) >= 11 is 0. The molecule has 5 aliphatic carbocycles. The number of esters is 3. The molecule has 10 rings (SSSR count). The number of allylic oxidation sites excluding steroid dienone is 2. The molecule has 0 aromatic carbocycles. The van der Waals surface area contributed by atoms with Gasteiger partial charge in [0.05, 0.1) is 43.5 Å². The number of aliphatic hydroxyl groups is 13. The maximum atomic E-state index is 15.3. The summed E-state index contributed by atoms with van der Waals surface area (Å²) in [6.07, 6.45) is -30.4. The highest BCUT2D eigenvalue weighted by Gasteiger charge is 2.71. The van der Waals surface area contributed by atoms with Gasteiger partial charge in [-0.25, -0.2) is 0 Å². The lowest BCUT2D eigenvalue weighted by molar-refractivity contribution is -0.365. The quantitative estimate of drug-likeness (QED) is 0.0388. The first kappa shape index (κ1) is 71.1. The Kier molecular flexibility index (Phi) is 20.8. The minimum absolute atomic E-state index is 0.0806. The second-order valence-corrected chi connectivity index (χ2v) is 29.7. The molecule has 0 unspecified atom stereocenters. The summed E-state index contributed by atoms with van der Waals surface area (Å²) in [6.45, 7) is 16.6. The minimum Gasteiger partial charge on any atom is -0.463 e. The third-order valence-corrected chi connectivity index (χ3v) is 23.7. The predicted molar refractivity (Wildman–Crippen MR) is 307 cm³/mol. The van der Waals surface area contributed by atoms with Crippen molar-refractivity contribution in [3.63, 3.8) is 0 Å². The summed E-state index contributed by atoms with van der Waals surface area (Å²) in [5, 5.41) is 144. The second kappa shape index (κ2) is 26.6. The fourth-order valence-corrected chi connectivity index (χ4v) is 18.0. The van der Waals surface area contributed by atoms with Crippen molar-refractivity contribution in [3.05, 3.63) is 11.6 Å². The van der Waals surface area contributed by atoms with Crippen LogP contribution in [0.15, 0.2) is 11.6 Å². The van der Waals surface area contributed by atoms with E-state index in [-0.39, 0.29) is 47.2 Å². The Morgan fingerprint density at radius 1 is 0.549 bits per heavy atom. The van der Waals surface area contributed by atoms with E-state index in [1.165, 1.54) is 13.8 Å². The third-order valence-electron chi connectivity index (χ3n) is 23.7. The molecule has 0 aromatic rings. The molecule has 33 atom stereocenters. The largest absolute Gasteiger partial charge is 0.463 e. The lowest BCUT2D eigenvalue weighted by Crippen LogP contribution is -2.67. The highest BCUT2D eigenvalue weighted by molar-refractivity contribution is 5.79. The number of carbonyl (C=O) groups is 3. The minimum atomic E-state index is -1.96. The average Bonchev–Trinajstić information content (AvgIpc) is 0.676. The molecule has 5 aliphatic heterocycles. The van der Waals surface area contributed by atoms with Gasteiger partial charge in [0, 0.05) is 19.3 Å². The first-order valence-corrected chi connectivity index (χ1v) is 32.4. The van der Waals surface area contributed by atoms with E-state index in [1.54, 1.807) is 0 Å². The van der Waals surface area contributed by atoms with Gasteiger partial charge in [-0.15, -0.1) is 0 Å². The Hall–Kier alpha value is -2.73. The zero-order chi connectivity index (χ0) is 66.6. The SMILES string of the molecule is CC(=O)OC[C@H]1O[C@@H](OC[C@H]2O[C@@H](OC(=O)[C@]34CCC(C)(C)C[C@H]3C3=CC[C@@H]5[C@@]6(C)CC[C@H](O[C@@H]7OC[C@H](O)[C@H](O)[C@H]7O[C@@H]7O[C@@H](C)[C@H](O)[C@@H](O)[C@H]7O)[C@@](C)(CO)[C@@H]6CC[C@@]5(C)[C@]3(C)CC4)[C@H](O)[C@@H](O)[C@@H]2O)[C@H](O)[C@@H](O)[C@@H]1O[C@@H]1O[C@@H](C)[C@H](O)[C@@H](O)[C@H]1OC(C)=O. The molecule has 5 saturated heterocycles. The third kappa shape index (κ3) is 12.6. The van der Waals surface area contributed by atoms with Crippen LogP contribution in [0.25, 0.3) is 0 Å². The summed E-state index contributed by atoms with van der Waals surface area (Å²) in [6, 6.07) is 0. The summed E-state index contributed by atoms with van der Waals surface area (Å²) in [7, 11) is 0. The normalized spacial score (nSPS) is 52.2. The number of ether oxygens (including phenoxy) is 12. The molecule has 0 radical (unpaired) electrons. The highest BCUT2D eigenvalue weighted by atomic mass is 16.8. The first-order chi connectivity index (χ1) is 42.6. The van der Waals surface area contributed by atoms with Crippen molar-refractivity contribution in [2.45, 2.75) is 287 Å². The maximum Gasteiger partial charge on any atom is 0.315 e. The lowest BCUT2D eigenvalue weighted by atomic mass is 9.33. The number of carbonyl (C=O) groups excluding carboxylic acids is 3. The Labute approximate surface area is 529 Å². The number of aliphatic hydroxyl groups excluding tert-OH is 13. The molecule has 13 N–H and O–H groups in total. The van der Waals surface area contributed by atoms with Crippen LogP contribution in [0, 0.1) is 50.2 Å². The molecule has 28 nitrogen and oxygen atoms in total. The first-order valence-electron chi connectivity index (χ1n) is 32.4. The van der Waals surface area contributed by atoms with E-state index < -0.39 is 201 Å². The molecular formula is C63H100O28. The topological polar surface area (TPSA) is 425 Å². The van der Waals surface area contributed by atoms with Crippen LogP contribution in [0.2, 0.25) is 0 Å². The van der Waals surface area contributed by atoms with Crippen molar-refractivity contribution in [1.29, 1.82) is 0 Å². The van der Waals surface area contributed by atoms with E-state index in [1.807, 2.05) is 6.92 Å². The monoisotopic (exact) mass is 1300 g/mol. The van der Waals surface area contributed by atoms with Crippen LogP contribution < -0.4 is 0 Å². The van der Waals surface area contributed by atoms with Gasteiger partial charge in [-0.3, -0.25) is 14.4 Å². The Bertz CT molecular complexity index is 2610. The zero-order valence-electron chi connectivity index (χ0n) is 53.6. The smallest absolute Gasteiger partial charge is 0.315 e. The summed E-state index contributed by atoms with van der Waals surface area (Å²) in [4.78, 5) is 39.4. The van der Waals surface area contributed by atoms with Crippen LogP contribution in [0.3, 0.4) is 0 Å². The Morgan fingerprint density at radius 3 is 1.82 bits per heavy atom. The van der Waals surface area contributed by atoms with Gasteiger partial charge >= 0.3 is 17.9 Å². The van der Waals surface area contributed by atoms with Crippen molar-refractivity contribution in [2.75, 3.05) is 26.4 Å². The molecule has 0 amide bonds. The average molecular weight is 1310 g/mol. The summed E-state index contributed by atoms with van der Waals surface area (Å²) < 4.78 is 70.8. The van der Waals surface area contributed by atoms with Crippen LogP contribution in [-0.4, -0.2) is 264 Å². The Balaban J connectivity index is 0.837. The number of fused-ring (bicyclic) bond motifs is 7. The van der Waals surface area contributed by atoms with Crippen LogP contribution in [0.4, 0.5) is 0 Å². The van der Waals surface area contributed by atoms with Gasteiger partial charge in [-0.1, -0.05) is 53.2 Å². The van der Waals surface area contributed by atoms with Crippen molar-refractivity contribution < 1.29 is 138 Å². The van der Waals surface area contributed by atoms with Crippen LogP contribution in [-0.2, 0) is 71.2 Å². The zero-order valence-corrected chi connectivity index (χ0v) is 53.6. The van der Waals surface area contributed by atoms with Crippen LogP contribution in [0.5, 0.6) is 0 Å². The maximum absolute atomic E-state index is 15.3. The molecule has 4 saturated carbocycles. The number of hydrogen-bond acceptors (Lipinski definition) is 28. The van der Waals surface area contributed by atoms with Gasteiger partial charge in [0.1, 0.15) is 104 Å². The van der Waals surface area contributed by atoms with Crippen LogP contribution in [0.1, 0.15) is 133 Å². The fraction of sp³-hybridized carbons (Fsp3) is 0.921. The van der Waals surface area contributed by atoms with Crippen molar-refractivity contribution in [2.24, 2.45) is 50.2 Å². The Morgan fingerprint density at radius 2 is 1.15 bits per heavy atom. The fourth-order valence-electron chi connectivity index (χ4n) is 18.0. The summed E-state index contributed by atoms with van der Waals surface area (Å²) in [5.41, 5.74) is -2.07. The summed E-state index contributed by atoms with van der Waals surface area (Å²) in [5.74, 6) is -2.56. The predicted octanol–water partition coefficient (Wildman–Crippen LogP) is -1.40. The van der Waals surface area contributed by atoms with Crippen molar-refractivity contribution >= 4 is 17.9 Å². The molecule has 28 heteroatoms. The second-order valence-electron chi connectivity index (χ2n) is 29.7. The van der Waals surface area contributed by atoms with E-state index >= 15 is 4.79 Å². The highest BCUT2D eigenvalue weighted by Crippen LogP contribution is 2.76. The molecule has 91 heavy (non-hydrogen) atoms. The molecule has 0 spiro atoms. The van der Waals surface area contributed by atoms with Gasteiger partial charge < -0.3 is 123 Å². The molecule has 0 bridgehead atoms.